The van der Waals surface area contributed by atoms with Crippen molar-refractivity contribution >= 4 is 17.3 Å². The van der Waals surface area contributed by atoms with Crippen LogP contribution in [-0.2, 0) is 15.9 Å². The lowest BCUT2D eigenvalue weighted by Gasteiger charge is -2.21. The van der Waals surface area contributed by atoms with Gasteiger partial charge in [-0.3, -0.25) is 4.99 Å². The van der Waals surface area contributed by atoms with E-state index in [2.05, 4.69) is 41.7 Å². The van der Waals surface area contributed by atoms with Crippen molar-refractivity contribution in [3.63, 3.8) is 0 Å². The molecule has 1 N–H and O–H groups in total. The first-order valence-electron chi connectivity index (χ1n) is 9.00. The fraction of sp³-hybridized carbons (Fsp3) is 0.722. The number of rotatable bonds is 10. The number of likely N-dealkylation sites (N-methyl/N-ethyl adjacent to an activating group) is 1. The van der Waals surface area contributed by atoms with Crippen LogP contribution < -0.4 is 5.32 Å². The average molecular weight is 354 g/mol. The first kappa shape index (κ1) is 19.2. The zero-order valence-electron chi connectivity index (χ0n) is 15.0. The minimum atomic E-state index is 0.314. The molecular weight excluding hydrogens is 322 g/mol. The molecule has 1 fully saturated rings. The highest BCUT2D eigenvalue weighted by Gasteiger charge is 2.14. The normalized spacial score (nSPS) is 18.1. The van der Waals surface area contributed by atoms with Gasteiger partial charge in [0.2, 0.25) is 0 Å². The Morgan fingerprint density at radius 3 is 3.17 bits per heavy atom. The maximum absolute atomic E-state index is 5.69. The Morgan fingerprint density at radius 1 is 1.54 bits per heavy atom. The van der Waals surface area contributed by atoms with Crippen molar-refractivity contribution in [2.45, 2.75) is 38.7 Å². The average Bonchev–Trinajstić information content (AvgIpc) is 3.28. The van der Waals surface area contributed by atoms with E-state index in [0.717, 1.165) is 64.7 Å². The number of aliphatic imine (C=N–C) groups is 1. The topological polar surface area (TPSA) is 46.1 Å². The second kappa shape index (κ2) is 11.4. The fourth-order valence-corrected chi connectivity index (χ4v) is 3.35. The summed E-state index contributed by atoms with van der Waals surface area (Å²) in [6, 6.07) is 4.30. The molecule has 1 aliphatic heterocycles. The summed E-state index contributed by atoms with van der Waals surface area (Å²) in [5.74, 6) is 0.980. The lowest BCUT2D eigenvalue weighted by Crippen LogP contribution is -2.40. The molecule has 1 unspecified atom stereocenters. The third kappa shape index (κ3) is 7.20. The molecule has 1 saturated heterocycles. The monoisotopic (exact) mass is 353 g/mol. The van der Waals surface area contributed by atoms with Crippen molar-refractivity contribution in [3.05, 3.63) is 22.4 Å². The molecule has 0 aliphatic carbocycles. The van der Waals surface area contributed by atoms with E-state index in [0.29, 0.717) is 6.10 Å². The van der Waals surface area contributed by atoms with Gasteiger partial charge in [0.15, 0.2) is 5.96 Å². The Kier molecular flexibility index (Phi) is 9.16. The van der Waals surface area contributed by atoms with Crippen LogP contribution in [0.1, 0.15) is 31.1 Å². The van der Waals surface area contributed by atoms with E-state index in [4.69, 9.17) is 14.5 Å². The van der Waals surface area contributed by atoms with Gasteiger partial charge in [-0.2, -0.15) is 0 Å². The Bertz CT molecular complexity index is 459. The van der Waals surface area contributed by atoms with E-state index in [1.54, 1.807) is 0 Å². The first-order valence-corrected chi connectivity index (χ1v) is 9.88. The maximum atomic E-state index is 5.69. The highest BCUT2D eigenvalue weighted by Crippen LogP contribution is 2.12. The van der Waals surface area contributed by atoms with Crippen LogP contribution in [-0.4, -0.2) is 63.5 Å². The van der Waals surface area contributed by atoms with Gasteiger partial charge in [0.1, 0.15) is 0 Å². The van der Waals surface area contributed by atoms with Gasteiger partial charge in [0.25, 0.3) is 0 Å². The molecule has 1 aromatic heterocycles. The van der Waals surface area contributed by atoms with E-state index in [9.17, 15) is 0 Å². The molecule has 0 radical (unpaired) electrons. The molecule has 6 heteroatoms. The highest BCUT2D eigenvalue weighted by atomic mass is 32.1. The Morgan fingerprint density at radius 2 is 2.46 bits per heavy atom. The molecule has 0 aromatic carbocycles. The van der Waals surface area contributed by atoms with Crippen molar-refractivity contribution in [2.24, 2.45) is 4.99 Å². The molecule has 0 amide bonds. The largest absolute Gasteiger partial charge is 0.379 e. The maximum Gasteiger partial charge on any atom is 0.193 e. The summed E-state index contributed by atoms with van der Waals surface area (Å²) >= 11 is 1.81. The van der Waals surface area contributed by atoms with Crippen LogP contribution in [0.2, 0.25) is 0 Å². The van der Waals surface area contributed by atoms with Gasteiger partial charge < -0.3 is 19.7 Å². The molecule has 0 spiro atoms. The minimum absolute atomic E-state index is 0.314. The minimum Gasteiger partial charge on any atom is -0.379 e. The van der Waals surface area contributed by atoms with Gasteiger partial charge in [-0.1, -0.05) is 6.07 Å². The Balaban J connectivity index is 1.63. The van der Waals surface area contributed by atoms with Gasteiger partial charge in [-0.15, -0.1) is 11.3 Å². The number of nitrogens with one attached hydrogen (secondary N) is 1. The molecule has 2 heterocycles. The number of hydrogen-bond acceptors (Lipinski definition) is 4. The number of guanidine groups is 1. The van der Waals surface area contributed by atoms with Gasteiger partial charge >= 0.3 is 0 Å². The predicted molar refractivity (Wildman–Crippen MR) is 101 cm³/mol. The molecule has 1 aromatic rings. The van der Waals surface area contributed by atoms with E-state index >= 15 is 0 Å². The summed E-state index contributed by atoms with van der Waals surface area (Å²) in [4.78, 5) is 8.33. The summed E-state index contributed by atoms with van der Waals surface area (Å²) in [5, 5.41) is 5.50. The second-order valence-corrected chi connectivity index (χ2v) is 7.08. The highest BCUT2D eigenvalue weighted by molar-refractivity contribution is 7.09. The number of nitrogens with zero attached hydrogens (tertiary/aromatic N) is 2. The van der Waals surface area contributed by atoms with Gasteiger partial charge in [0, 0.05) is 44.8 Å². The molecule has 24 heavy (non-hydrogen) atoms. The van der Waals surface area contributed by atoms with Crippen LogP contribution in [0.15, 0.2) is 22.5 Å². The summed E-state index contributed by atoms with van der Waals surface area (Å²) in [5.41, 5.74) is 0. The molecule has 5 nitrogen and oxygen atoms in total. The first-order chi connectivity index (χ1) is 11.8. The van der Waals surface area contributed by atoms with Crippen LogP contribution in [0.3, 0.4) is 0 Å². The fourth-order valence-electron chi connectivity index (χ4n) is 2.65. The van der Waals surface area contributed by atoms with E-state index in [-0.39, 0.29) is 0 Å². The van der Waals surface area contributed by atoms with E-state index < -0.39 is 0 Å². The number of ether oxygens (including phenoxy) is 2. The lowest BCUT2D eigenvalue weighted by molar-refractivity contribution is 0.0170. The molecule has 1 aliphatic rings. The quantitative estimate of drug-likeness (QED) is 0.399. The lowest BCUT2D eigenvalue weighted by atomic mass is 10.2. The van der Waals surface area contributed by atoms with Crippen LogP contribution >= 0.6 is 11.3 Å². The zero-order chi connectivity index (χ0) is 17.0. The van der Waals surface area contributed by atoms with Crippen molar-refractivity contribution in [1.82, 2.24) is 10.2 Å². The molecule has 2 rings (SSSR count). The molecule has 0 bridgehead atoms. The molecule has 0 saturated carbocycles. The zero-order valence-corrected chi connectivity index (χ0v) is 15.8. The van der Waals surface area contributed by atoms with Crippen molar-refractivity contribution in [1.29, 1.82) is 0 Å². The van der Waals surface area contributed by atoms with Gasteiger partial charge in [-0.25, -0.2) is 0 Å². The van der Waals surface area contributed by atoms with Gasteiger partial charge in [0.05, 0.1) is 12.7 Å². The van der Waals surface area contributed by atoms with Crippen LogP contribution in [0, 0.1) is 0 Å². The summed E-state index contributed by atoms with van der Waals surface area (Å²) in [6.07, 6.45) is 4.62. The third-order valence-corrected chi connectivity index (χ3v) is 4.94. The Hall–Kier alpha value is -1.11. The smallest absolute Gasteiger partial charge is 0.193 e. The molecular formula is C18H31N3O2S. The predicted octanol–water partition coefficient (Wildman–Crippen LogP) is 2.77. The summed E-state index contributed by atoms with van der Waals surface area (Å²) < 4.78 is 11.2. The standard InChI is InChI=1S/C18H31N3O2S/c1-3-19-18(21(2)11-9-17-8-5-14-24-17)20-10-6-12-22-15-16-7-4-13-23-16/h5,8,14,16H,3-4,6-7,9-13,15H2,1-2H3,(H,19,20). The van der Waals surface area contributed by atoms with Crippen LogP contribution in [0.4, 0.5) is 0 Å². The Labute approximate surface area is 150 Å². The summed E-state index contributed by atoms with van der Waals surface area (Å²) in [7, 11) is 2.10. The SMILES string of the molecule is CCNC(=NCCCOCC1CCCO1)N(C)CCc1cccs1. The van der Waals surface area contributed by atoms with Crippen molar-refractivity contribution in [3.8, 4) is 0 Å². The van der Waals surface area contributed by atoms with Crippen molar-refractivity contribution in [2.75, 3.05) is 46.5 Å². The van der Waals surface area contributed by atoms with E-state index in [1.165, 1.54) is 11.3 Å². The van der Waals surface area contributed by atoms with Gasteiger partial charge in [-0.05, 0) is 44.1 Å². The summed E-state index contributed by atoms with van der Waals surface area (Å²) in [6.45, 7) is 7.12. The molecule has 1 atom stereocenters. The second-order valence-electron chi connectivity index (χ2n) is 6.05. The number of thiophene rings is 1. The number of hydrogen-bond donors (Lipinski definition) is 1. The molecule has 136 valence electrons. The van der Waals surface area contributed by atoms with Crippen molar-refractivity contribution < 1.29 is 9.47 Å². The third-order valence-electron chi connectivity index (χ3n) is 4.01. The van der Waals surface area contributed by atoms with Crippen LogP contribution in [0.5, 0.6) is 0 Å². The van der Waals surface area contributed by atoms with Crippen LogP contribution in [0.25, 0.3) is 0 Å². The van der Waals surface area contributed by atoms with E-state index in [1.807, 2.05) is 11.3 Å².